The van der Waals surface area contributed by atoms with Crippen LogP contribution < -0.4 is 5.32 Å². The summed E-state index contributed by atoms with van der Waals surface area (Å²) in [4.78, 5) is 11.4. The Balaban J connectivity index is 1.74. The van der Waals surface area contributed by atoms with Gasteiger partial charge >= 0.3 is 0 Å². The molecule has 5 heteroatoms. The number of hydrogen-bond acceptors (Lipinski definition) is 4. The highest BCUT2D eigenvalue weighted by Crippen LogP contribution is 2.04. The van der Waals surface area contributed by atoms with Gasteiger partial charge in [0.15, 0.2) is 6.10 Å². The highest BCUT2D eigenvalue weighted by molar-refractivity contribution is 5.81. The molecule has 0 saturated carbocycles. The number of ether oxygens (including phenoxy) is 3. The lowest BCUT2D eigenvalue weighted by Crippen LogP contribution is -2.53. The van der Waals surface area contributed by atoms with Crippen LogP contribution in [0.1, 0.15) is 0 Å². The van der Waals surface area contributed by atoms with Crippen LogP contribution in [0, 0.1) is 0 Å². The molecule has 0 aliphatic carbocycles. The lowest BCUT2D eigenvalue weighted by atomic mass is 10.2. The Hall–Kier alpha value is -0.650. The fraction of sp³-hybridized carbons (Fsp3) is 0.875. The van der Waals surface area contributed by atoms with Crippen LogP contribution in [-0.2, 0) is 19.0 Å². The van der Waals surface area contributed by atoms with E-state index in [1.165, 1.54) is 0 Å². The molecule has 2 aliphatic heterocycles. The smallest absolute Gasteiger partial charge is 0.251 e. The summed E-state index contributed by atoms with van der Waals surface area (Å²) in [6, 6.07) is 0.165. The van der Waals surface area contributed by atoms with E-state index in [-0.39, 0.29) is 11.9 Å². The number of carbonyl (C=O) groups excluding carboxylic acids is 1. The summed E-state index contributed by atoms with van der Waals surface area (Å²) in [5.41, 5.74) is 0. The molecule has 1 atom stereocenters. The largest absolute Gasteiger partial charge is 0.377 e. The van der Waals surface area contributed by atoms with Crippen LogP contribution in [0.5, 0.6) is 0 Å². The number of carbonyl (C=O) groups is 1. The molecule has 2 heterocycles. The Morgan fingerprint density at radius 2 is 2.00 bits per heavy atom. The molecule has 2 fully saturated rings. The van der Waals surface area contributed by atoms with Crippen molar-refractivity contribution < 1.29 is 19.0 Å². The van der Waals surface area contributed by atoms with Gasteiger partial charge < -0.3 is 19.5 Å². The van der Waals surface area contributed by atoms with E-state index in [1.807, 2.05) is 0 Å². The number of nitrogens with one attached hydrogen (secondary N) is 1. The molecule has 0 bridgehead atoms. The number of amides is 1. The summed E-state index contributed by atoms with van der Waals surface area (Å²) in [6.45, 7) is 2.66. The molecular formula is C8H13NO4. The molecule has 2 rings (SSSR count). The molecule has 0 radical (unpaired) electrons. The quantitative estimate of drug-likeness (QED) is 0.597. The van der Waals surface area contributed by atoms with Gasteiger partial charge in [-0.2, -0.15) is 0 Å². The minimum Gasteiger partial charge on any atom is -0.377 e. The van der Waals surface area contributed by atoms with Gasteiger partial charge in [0.25, 0.3) is 5.91 Å². The van der Waals surface area contributed by atoms with Crippen LogP contribution in [0.2, 0.25) is 0 Å². The molecule has 0 aromatic rings. The molecule has 1 N–H and O–H groups in total. The lowest BCUT2D eigenvalue weighted by Gasteiger charge is -2.29. The second-order valence-electron chi connectivity index (χ2n) is 3.18. The zero-order valence-corrected chi connectivity index (χ0v) is 7.32. The topological polar surface area (TPSA) is 56.8 Å². The van der Waals surface area contributed by atoms with Crippen molar-refractivity contribution in [2.24, 2.45) is 0 Å². The number of rotatable bonds is 2. The van der Waals surface area contributed by atoms with Crippen LogP contribution >= 0.6 is 0 Å². The maximum absolute atomic E-state index is 11.4. The third kappa shape index (κ3) is 2.18. The Morgan fingerprint density at radius 3 is 2.54 bits per heavy atom. The van der Waals surface area contributed by atoms with Gasteiger partial charge in [0.1, 0.15) is 0 Å². The first-order valence-corrected chi connectivity index (χ1v) is 4.44. The zero-order valence-electron chi connectivity index (χ0n) is 7.32. The van der Waals surface area contributed by atoms with Gasteiger partial charge in [-0.3, -0.25) is 4.79 Å². The SMILES string of the molecule is O=C(NC1COC1)C1COCCO1. The first-order valence-electron chi connectivity index (χ1n) is 4.44. The molecule has 2 saturated heterocycles. The molecule has 13 heavy (non-hydrogen) atoms. The second kappa shape index (κ2) is 4.04. The van der Waals surface area contributed by atoms with Crippen molar-refractivity contribution in [1.82, 2.24) is 5.32 Å². The van der Waals surface area contributed by atoms with E-state index in [4.69, 9.17) is 14.2 Å². The highest BCUT2D eigenvalue weighted by atomic mass is 16.6. The van der Waals surface area contributed by atoms with E-state index >= 15 is 0 Å². The first-order chi connectivity index (χ1) is 6.36. The Morgan fingerprint density at radius 1 is 1.15 bits per heavy atom. The average Bonchev–Trinajstić information content (AvgIpc) is 2.12. The third-order valence-corrected chi connectivity index (χ3v) is 2.09. The standard InChI is InChI=1S/C8H13NO4/c10-8(9-6-3-12-4-6)7-5-11-1-2-13-7/h6-7H,1-5H2,(H,9,10). The molecule has 74 valence electrons. The maximum atomic E-state index is 11.4. The van der Waals surface area contributed by atoms with Gasteiger partial charge in [-0.1, -0.05) is 0 Å². The van der Waals surface area contributed by atoms with Crippen LogP contribution in [0.25, 0.3) is 0 Å². The van der Waals surface area contributed by atoms with Gasteiger partial charge in [0.2, 0.25) is 0 Å². The lowest BCUT2D eigenvalue weighted by molar-refractivity contribution is -0.151. The molecule has 0 aromatic carbocycles. The normalized spacial score (nSPS) is 29.4. The van der Waals surface area contributed by atoms with Crippen LogP contribution in [0.4, 0.5) is 0 Å². The summed E-state index contributed by atoms with van der Waals surface area (Å²) < 4.78 is 15.3. The minimum absolute atomic E-state index is 0.0898. The van der Waals surface area contributed by atoms with Gasteiger partial charge in [0, 0.05) is 0 Å². The molecule has 0 aromatic heterocycles. The van der Waals surface area contributed by atoms with Crippen molar-refractivity contribution in [3.8, 4) is 0 Å². The van der Waals surface area contributed by atoms with Crippen molar-refractivity contribution in [3.63, 3.8) is 0 Å². The van der Waals surface area contributed by atoms with Gasteiger partial charge in [-0.15, -0.1) is 0 Å². The Kier molecular flexibility index (Phi) is 2.77. The summed E-state index contributed by atoms with van der Waals surface area (Å²) >= 11 is 0. The Labute approximate surface area is 76.3 Å². The van der Waals surface area contributed by atoms with Crippen LogP contribution in [0.3, 0.4) is 0 Å². The van der Waals surface area contributed by atoms with E-state index in [0.29, 0.717) is 33.0 Å². The fourth-order valence-electron chi connectivity index (χ4n) is 1.25. The maximum Gasteiger partial charge on any atom is 0.251 e. The molecule has 5 nitrogen and oxygen atoms in total. The van der Waals surface area contributed by atoms with Crippen molar-refractivity contribution in [2.75, 3.05) is 33.0 Å². The van der Waals surface area contributed by atoms with E-state index in [1.54, 1.807) is 0 Å². The van der Waals surface area contributed by atoms with Crippen LogP contribution in [-0.4, -0.2) is 51.1 Å². The van der Waals surface area contributed by atoms with Gasteiger partial charge in [0.05, 0.1) is 39.1 Å². The molecular weight excluding hydrogens is 174 g/mol. The van der Waals surface area contributed by atoms with Crippen molar-refractivity contribution in [2.45, 2.75) is 12.1 Å². The van der Waals surface area contributed by atoms with E-state index < -0.39 is 6.10 Å². The van der Waals surface area contributed by atoms with Crippen molar-refractivity contribution in [1.29, 1.82) is 0 Å². The first kappa shape index (κ1) is 8.93. The van der Waals surface area contributed by atoms with Crippen molar-refractivity contribution in [3.05, 3.63) is 0 Å². The third-order valence-electron chi connectivity index (χ3n) is 2.09. The summed E-state index contributed by atoms with van der Waals surface area (Å²) in [5.74, 6) is -0.0898. The predicted octanol–water partition coefficient (Wildman–Crippen LogP) is -1.08. The van der Waals surface area contributed by atoms with Crippen molar-refractivity contribution >= 4 is 5.91 Å². The van der Waals surface area contributed by atoms with Crippen LogP contribution in [0.15, 0.2) is 0 Å². The Bertz CT molecular complexity index is 187. The second-order valence-corrected chi connectivity index (χ2v) is 3.18. The number of hydrogen-bond donors (Lipinski definition) is 1. The minimum atomic E-state index is -0.436. The average molecular weight is 187 g/mol. The van der Waals surface area contributed by atoms with E-state index in [0.717, 1.165) is 0 Å². The van der Waals surface area contributed by atoms with Gasteiger partial charge in [-0.05, 0) is 0 Å². The molecule has 1 amide bonds. The summed E-state index contributed by atoms with van der Waals surface area (Å²) in [6.07, 6.45) is -0.436. The van der Waals surface area contributed by atoms with E-state index in [9.17, 15) is 4.79 Å². The highest BCUT2D eigenvalue weighted by Gasteiger charge is 2.27. The molecule has 0 spiro atoms. The summed E-state index contributed by atoms with van der Waals surface area (Å²) in [7, 11) is 0. The predicted molar refractivity (Wildman–Crippen MR) is 43.3 cm³/mol. The zero-order chi connectivity index (χ0) is 9.10. The monoisotopic (exact) mass is 187 g/mol. The summed E-state index contributed by atoms with van der Waals surface area (Å²) in [5, 5.41) is 2.82. The van der Waals surface area contributed by atoms with Gasteiger partial charge in [-0.25, -0.2) is 0 Å². The van der Waals surface area contributed by atoms with E-state index in [2.05, 4.69) is 5.32 Å². The molecule has 1 unspecified atom stereocenters. The molecule has 2 aliphatic rings. The fourth-order valence-corrected chi connectivity index (χ4v) is 1.25.